The van der Waals surface area contributed by atoms with Crippen molar-refractivity contribution in [3.8, 4) is 5.75 Å². The number of halogens is 2. The van der Waals surface area contributed by atoms with E-state index in [2.05, 4.69) is 20.9 Å². The van der Waals surface area contributed by atoms with Gasteiger partial charge in [-0.25, -0.2) is 9.79 Å². The molecule has 6 nitrogen and oxygen atoms in total. The lowest BCUT2D eigenvalue weighted by atomic mass is 10.1. The van der Waals surface area contributed by atoms with Gasteiger partial charge in [0.15, 0.2) is 5.17 Å². The Balaban J connectivity index is 1.60. The molecule has 9 heteroatoms. The Labute approximate surface area is 220 Å². The Bertz CT molecular complexity index is 1360. The molecule has 1 fully saturated rings. The van der Waals surface area contributed by atoms with E-state index in [9.17, 15) is 9.59 Å². The number of rotatable bonds is 6. The number of amidine groups is 1. The summed E-state index contributed by atoms with van der Waals surface area (Å²) in [6, 6.07) is 19.8. The van der Waals surface area contributed by atoms with Crippen molar-refractivity contribution in [2.24, 2.45) is 4.99 Å². The Morgan fingerprint density at radius 2 is 1.94 bits per heavy atom. The van der Waals surface area contributed by atoms with Gasteiger partial charge in [0.25, 0.3) is 5.91 Å². The Morgan fingerprint density at radius 3 is 2.71 bits per heavy atom. The number of ether oxygens (including phenoxy) is 2. The zero-order valence-corrected chi connectivity index (χ0v) is 22.0. The summed E-state index contributed by atoms with van der Waals surface area (Å²) in [6.45, 7) is 0.293. The van der Waals surface area contributed by atoms with Gasteiger partial charge in [-0.2, -0.15) is 0 Å². The maximum atomic E-state index is 13.0. The lowest BCUT2D eigenvalue weighted by Gasteiger charge is -2.11. The lowest BCUT2D eigenvalue weighted by Crippen LogP contribution is -2.23. The van der Waals surface area contributed by atoms with E-state index in [1.807, 2.05) is 42.5 Å². The Morgan fingerprint density at radius 1 is 1.14 bits per heavy atom. The topological polar surface area (TPSA) is 68.2 Å². The molecular formula is C26H20BrClN2O4S. The summed E-state index contributed by atoms with van der Waals surface area (Å²) in [7, 11) is 2.99. The van der Waals surface area contributed by atoms with E-state index >= 15 is 0 Å². The first kappa shape index (κ1) is 25.0. The molecule has 178 valence electrons. The number of aliphatic imine (C=N–C) groups is 1. The summed E-state index contributed by atoms with van der Waals surface area (Å²) < 4.78 is 11.7. The van der Waals surface area contributed by atoms with Gasteiger partial charge in [-0.1, -0.05) is 51.8 Å². The third-order valence-corrected chi connectivity index (χ3v) is 7.02. The highest BCUT2D eigenvalue weighted by atomic mass is 79.9. The molecule has 3 aromatic rings. The molecule has 1 aliphatic rings. The highest BCUT2D eigenvalue weighted by Crippen LogP contribution is 2.36. The molecule has 0 atom stereocenters. The van der Waals surface area contributed by atoms with Crippen LogP contribution in [-0.4, -0.2) is 36.1 Å². The van der Waals surface area contributed by atoms with Crippen molar-refractivity contribution < 1.29 is 19.1 Å². The van der Waals surface area contributed by atoms with E-state index in [-0.39, 0.29) is 5.91 Å². The van der Waals surface area contributed by atoms with Crippen LogP contribution in [0.4, 0.5) is 5.69 Å². The summed E-state index contributed by atoms with van der Waals surface area (Å²) in [6.07, 6.45) is 1.78. The number of hydrogen-bond acceptors (Lipinski definition) is 6. The second-order valence-electron chi connectivity index (χ2n) is 7.47. The number of thioether (sulfide) groups is 1. The van der Waals surface area contributed by atoms with Crippen LogP contribution in [0.25, 0.3) is 6.08 Å². The second-order valence-corrected chi connectivity index (χ2v) is 9.81. The number of carbonyl (C=O) groups is 2. The molecule has 0 N–H and O–H groups in total. The van der Waals surface area contributed by atoms with Crippen molar-refractivity contribution >= 4 is 68.1 Å². The fourth-order valence-corrected chi connectivity index (χ4v) is 4.80. The van der Waals surface area contributed by atoms with E-state index in [0.717, 1.165) is 15.6 Å². The minimum atomic E-state index is -0.449. The lowest BCUT2D eigenvalue weighted by molar-refractivity contribution is -0.121. The van der Waals surface area contributed by atoms with E-state index in [1.165, 1.54) is 23.8 Å². The van der Waals surface area contributed by atoms with Crippen molar-refractivity contribution in [2.45, 2.75) is 6.61 Å². The number of nitrogens with zero attached hydrogens (tertiary/aromatic N) is 2. The maximum Gasteiger partial charge on any atom is 0.337 e. The normalized spacial score (nSPS) is 15.7. The third kappa shape index (κ3) is 5.96. The molecule has 1 aliphatic heterocycles. The summed E-state index contributed by atoms with van der Waals surface area (Å²) in [5, 5.41) is 1.13. The van der Waals surface area contributed by atoms with Crippen LogP contribution in [-0.2, 0) is 16.1 Å². The van der Waals surface area contributed by atoms with Gasteiger partial charge in [0.1, 0.15) is 12.4 Å². The molecule has 0 aliphatic carbocycles. The number of amides is 1. The van der Waals surface area contributed by atoms with Crippen molar-refractivity contribution in [1.82, 2.24) is 4.90 Å². The first-order chi connectivity index (χ1) is 16.9. The van der Waals surface area contributed by atoms with Crippen LogP contribution >= 0.6 is 39.3 Å². The molecule has 0 unspecified atom stereocenters. The number of carbonyl (C=O) groups excluding carboxylic acids is 2. The van der Waals surface area contributed by atoms with Crippen LogP contribution < -0.4 is 4.74 Å². The minimum Gasteiger partial charge on any atom is -0.488 e. The van der Waals surface area contributed by atoms with Gasteiger partial charge in [-0.05, 0) is 60.3 Å². The molecule has 35 heavy (non-hydrogen) atoms. The molecule has 0 bridgehead atoms. The van der Waals surface area contributed by atoms with E-state index in [0.29, 0.717) is 38.7 Å². The minimum absolute atomic E-state index is 0.185. The van der Waals surface area contributed by atoms with E-state index in [4.69, 9.17) is 21.1 Å². The summed E-state index contributed by atoms with van der Waals surface area (Å²) in [5.74, 6) is -0.0159. The first-order valence-corrected chi connectivity index (χ1v) is 12.4. The van der Waals surface area contributed by atoms with Gasteiger partial charge in [-0.3, -0.25) is 9.69 Å². The quantitative estimate of drug-likeness (QED) is 0.243. The predicted molar refractivity (Wildman–Crippen MR) is 143 cm³/mol. The average Bonchev–Trinajstić information content (AvgIpc) is 3.11. The highest BCUT2D eigenvalue weighted by Gasteiger charge is 2.30. The average molecular weight is 572 g/mol. The second kappa shape index (κ2) is 11.1. The van der Waals surface area contributed by atoms with Crippen molar-refractivity contribution in [1.29, 1.82) is 0 Å². The third-order valence-electron chi connectivity index (χ3n) is 5.10. The number of benzene rings is 3. The van der Waals surface area contributed by atoms with Gasteiger partial charge in [0, 0.05) is 27.7 Å². The predicted octanol–water partition coefficient (Wildman–Crippen LogP) is 6.70. The molecule has 0 saturated carbocycles. The standard InChI is InChI=1S/C26H20BrClN2O4S/c1-30-24(31)23(35-26(30)29-20-8-5-7-16(13-20)25(32)33-2)14-18-12-19(27)10-11-22(18)34-15-17-6-3-4-9-21(17)28/h3-14H,15H2,1-2H3. The largest absolute Gasteiger partial charge is 0.488 e. The zero-order valence-electron chi connectivity index (χ0n) is 18.8. The van der Waals surface area contributed by atoms with Crippen LogP contribution in [0.15, 0.2) is 81.1 Å². The molecule has 0 aromatic heterocycles. The highest BCUT2D eigenvalue weighted by molar-refractivity contribution is 9.10. The summed E-state index contributed by atoms with van der Waals surface area (Å²) in [4.78, 5) is 31.3. The molecule has 1 heterocycles. The van der Waals surface area contributed by atoms with Gasteiger partial charge in [-0.15, -0.1) is 0 Å². The first-order valence-electron chi connectivity index (χ1n) is 10.5. The van der Waals surface area contributed by atoms with E-state index in [1.54, 1.807) is 37.4 Å². The van der Waals surface area contributed by atoms with E-state index < -0.39 is 5.97 Å². The molecular weight excluding hydrogens is 552 g/mol. The Hall–Kier alpha value is -3.07. The number of esters is 1. The SMILES string of the molecule is COC(=O)c1cccc(N=C2SC(=Cc3cc(Br)ccc3OCc3ccccc3Cl)C(=O)N2C)c1. The van der Waals surface area contributed by atoms with Gasteiger partial charge in [0.2, 0.25) is 0 Å². The summed E-state index contributed by atoms with van der Waals surface area (Å²) in [5.41, 5.74) is 2.54. The van der Waals surface area contributed by atoms with Crippen LogP contribution in [0.5, 0.6) is 5.75 Å². The van der Waals surface area contributed by atoms with Gasteiger partial charge >= 0.3 is 5.97 Å². The fraction of sp³-hybridized carbons (Fsp3) is 0.115. The maximum absolute atomic E-state index is 13.0. The number of methoxy groups -OCH3 is 1. The molecule has 1 saturated heterocycles. The number of likely N-dealkylation sites (N-methyl/N-ethyl adjacent to an activating group) is 1. The summed E-state index contributed by atoms with van der Waals surface area (Å²) >= 11 is 11.0. The zero-order chi connectivity index (χ0) is 24.9. The molecule has 3 aromatic carbocycles. The molecule has 4 rings (SSSR count). The van der Waals surface area contributed by atoms with Crippen LogP contribution in [0.2, 0.25) is 5.02 Å². The van der Waals surface area contributed by atoms with Gasteiger partial charge < -0.3 is 9.47 Å². The van der Waals surface area contributed by atoms with Crippen LogP contribution in [0, 0.1) is 0 Å². The Kier molecular flexibility index (Phi) is 7.95. The monoisotopic (exact) mass is 570 g/mol. The van der Waals surface area contributed by atoms with Gasteiger partial charge in [0.05, 0.1) is 23.3 Å². The number of hydrogen-bond donors (Lipinski definition) is 0. The van der Waals surface area contributed by atoms with Crippen LogP contribution in [0.3, 0.4) is 0 Å². The smallest absolute Gasteiger partial charge is 0.337 e. The molecule has 0 radical (unpaired) electrons. The van der Waals surface area contributed by atoms with Crippen molar-refractivity contribution in [2.75, 3.05) is 14.2 Å². The fourth-order valence-electron chi connectivity index (χ4n) is 3.26. The van der Waals surface area contributed by atoms with Crippen LogP contribution in [0.1, 0.15) is 21.5 Å². The molecule has 0 spiro atoms. The van der Waals surface area contributed by atoms with Crippen molar-refractivity contribution in [3.63, 3.8) is 0 Å². The molecule has 1 amide bonds. The van der Waals surface area contributed by atoms with Crippen molar-refractivity contribution in [3.05, 3.63) is 97.8 Å².